The SMILES string of the molecule is Cn1c(CNC(=O)c2cccc(F)c2)nnc1SCC(=O)N1N=C(c2cccs2)CC1c1ccc(F)cc1. The van der Waals surface area contributed by atoms with Crippen molar-refractivity contribution in [2.24, 2.45) is 12.1 Å². The van der Waals surface area contributed by atoms with Crippen LogP contribution in [0.15, 0.2) is 76.3 Å². The lowest BCUT2D eigenvalue weighted by molar-refractivity contribution is -0.130. The topological polar surface area (TPSA) is 92.5 Å². The first-order valence-corrected chi connectivity index (χ1v) is 13.5. The van der Waals surface area contributed by atoms with Crippen LogP contribution in [0.4, 0.5) is 8.78 Å². The molecule has 0 saturated carbocycles. The van der Waals surface area contributed by atoms with Gasteiger partial charge in [0, 0.05) is 19.0 Å². The molecule has 2 aromatic carbocycles. The summed E-state index contributed by atoms with van der Waals surface area (Å²) in [7, 11) is 1.74. The van der Waals surface area contributed by atoms with Crippen molar-refractivity contribution >= 4 is 40.6 Å². The summed E-state index contributed by atoms with van der Waals surface area (Å²) in [4.78, 5) is 26.6. The normalized spacial score (nSPS) is 15.0. The Balaban J connectivity index is 1.25. The molecule has 1 unspecified atom stereocenters. The van der Waals surface area contributed by atoms with Gasteiger partial charge in [0.25, 0.3) is 11.8 Å². The number of carbonyl (C=O) groups is 2. The zero-order valence-electron chi connectivity index (χ0n) is 20.2. The van der Waals surface area contributed by atoms with Crippen molar-refractivity contribution in [3.63, 3.8) is 0 Å². The number of benzene rings is 2. The Morgan fingerprint density at radius 1 is 1.08 bits per heavy atom. The number of amides is 2. The first kappa shape index (κ1) is 25.7. The lowest BCUT2D eigenvalue weighted by atomic mass is 10.0. The van der Waals surface area contributed by atoms with Gasteiger partial charge in [-0.15, -0.1) is 21.5 Å². The quantitative estimate of drug-likeness (QED) is 0.324. The Labute approximate surface area is 225 Å². The summed E-state index contributed by atoms with van der Waals surface area (Å²) in [6.45, 7) is 0.0839. The van der Waals surface area contributed by atoms with Crippen molar-refractivity contribution in [3.8, 4) is 0 Å². The van der Waals surface area contributed by atoms with E-state index in [1.54, 1.807) is 35.1 Å². The third-order valence-electron chi connectivity index (χ3n) is 5.97. The molecule has 0 fully saturated rings. The van der Waals surface area contributed by atoms with Crippen molar-refractivity contribution in [2.75, 3.05) is 5.75 Å². The standard InChI is InChI=1S/C26H22F2N6O2S2/c1-33-23(14-29-25(36)17-4-2-5-19(28)12-17)30-31-26(33)38-15-24(35)34-21(16-7-9-18(27)10-8-16)13-20(32-34)22-6-3-11-37-22/h2-12,21H,13-15H2,1H3,(H,29,36). The molecule has 0 bridgehead atoms. The number of thiophene rings is 1. The Kier molecular flexibility index (Phi) is 7.61. The minimum atomic E-state index is -0.494. The lowest BCUT2D eigenvalue weighted by Crippen LogP contribution is -2.28. The number of rotatable bonds is 8. The number of halogens is 2. The van der Waals surface area contributed by atoms with Crippen LogP contribution in [0, 0.1) is 11.6 Å². The van der Waals surface area contributed by atoms with E-state index >= 15 is 0 Å². The van der Waals surface area contributed by atoms with E-state index in [1.807, 2.05) is 17.5 Å². The molecule has 5 rings (SSSR count). The van der Waals surface area contributed by atoms with Gasteiger partial charge in [0.05, 0.1) is 28.9 Å². The largest absolute Gasteiger partial charge is 0.345 e. The fourth-order valence-electron chi connectivity index (χ4n) is 3.98. The summed E-state index contributed by atoms with van der Waals surface area (Å²) < 4.78 is 28.6. The van der Waals surface area contributed by atoms with Crippen molar-refractivity contribution in [1.29, 1.82) is 0 Å². The van der Waals surface area contributed by atoms with Crippen LogP contribution in [-0.4, -0.2) is 43.1 Å². The van der Waals surface area contributed by atoms with Crippen LogP contribution in [0.1, 0.15) is 39.1 Å². The highest BCUT2D eigenvalue weighted by atomic mass is 32.2. The first-order chi connectivity index (χ1) is 18.4. The van der Waals surface area contributed by atoms with E-state index in [1.165, 1.54) is 47.1 Å². The monoisotopic (exact) mass is 552 g/mol. The second-order valence-electron chi connectivity index (χ2n) is 8.47. The lowest BCUT2D eigenvalue weighted by Gasteiger charge is -2.21. The van der Waals surface area contributed by atoms with Crippen LogP contribution >= 0.6 is 23.1 Å². The van der Waals surface area contributed by atoms with Crippen molar-refractivity contribution in [1.82, 2.24) is 25.1 Å². The molecule has 194 valence electrons. The Bertz CT molecular complexity index is 1490. The zero-order valence-corrected chi connectivity index (χ0v) is 21.8. The van der Waals surface area contributed by atoms with Crippen molar-refractivity contribution in [2.45, 2.75) is 24.2 Å². The molecule has 1 atom stereocenters. The molecule has 0 saturated heterocycles. The maximum atomic E-state index is 13.5. The highest BCUT2D eigenvalue weighted by Gasteiger charge is 2.33. The average molecular weight is 553 g/mol. The molecule has 3 heterocycles. The summed E-state index contributed by atoms with van der Waals surface area (Å²) >= 11 is 2.75. The van der Waals surface area contributed by atoms with Gasteiger partial charge in [0.15, 0.2) is 11.0 Å². The summed E-state index contributed by atoms with van der Waals surface area (Å²) in [5.74, 6) is -0.957. The van der Waals surface area contributed by atoms with E-state index in [-0.39, 0.29) is 35.6 Å². The molecule has 1 aliphatic heterocycles. The molecule has 38 heavy (non-hydrogen) atoms. The molecule has 0 spiro atoms. The maximum absolute atomic E-state index is 13.5. The van der Waals surface area contributed by atoms with Gasteiger partial charge >= 0.3 is 0 Å². The molecule has 4 aromatic rings. The summed E-state index contributed by atoms with van der Waals surface area (Å²) in [5.41, 5.74) is 1.81. The van der Waals surface area contributed by atoms with Crippen LogP contribution < -0.4 is 5.32 Å². The van der Waals surface area contributed by atoms with E-state index in [4.69, 9.17) is 0 Å². The minimum absolute atomic E-state index is 0.0561. The van der Waals surface area contributed by atoms with Gasteiger partial charge in [0.2, 0.25) is 0 Å². The maximum Gasteiger partial charge on any atom is 0.253 e. The molecule has 12 heteroatoms. The molecular weight excluding hydrogens is 530 g/mol. The van der Waals surface area contributed by atoms with Crippen LogP contribution in [0.3, 0.4) is 0 Å². The van der Waals surface area contributed by atoms with E-state index < -0.39 is 11.7 Å². The van der Waals surface area contributed by atoms with Crippen LogP contribution in [-0.2, 0) is 18.4 Å². The molecule has 1 aliphatic rings. The molecule has 2 amide bonds. The van der Waals surface area contributed by atoms with Crippen LogP contribution in [0.25, 0.3) is 0 Å². The number of hydrogen-bond donors (Lipinski definition) is 1. The molecule has 0 aliphatic carbocycles. The Morgan fingerprint density at radius 2 is 1.89 bits per heavy atom. The number of aromatic nitrogens is 3. The second kappa shape index (κ2) is 11.2. The summed E-state index contributed by atoms with van der Waals surface area (Å²) in [6.07, 6.45) is 0.529. The number of thioether (sulfide) groups is 1. The predicted molar refractivity (Wildman–Crippen MR) is 141 cm³/mol. The number of nitrogens with one attached hydrogen (secondary N) is 1. The Hall–Kier alpha value is -3.90. The summed E-state index contributed by atoms with van der Waals surface area (Å²) in [5, 5.41) is 19.5. The van der Waals surface area contributed by atoms with Crippen LogP contribution in [0.2, 0.25) is 0 Å². The predicted octanol–water partition coefficient (Wildman–Crippen LogP) is 4.55. The van der Waals surface area contributed by atoms with Gasteiger partial charge in [0.1, 0.15) is 11.6 Å². The number of hydrazone groups is 1. The van der Waals surface area contributed by atoms with Gasteiger partial charge in [-0.1, -0.05) is 36.0 Å². The minimum Gasteiger partial charge on any atom is -0.345 e. The fourth-order valence-corrected chi connectivity index (χ4v) is 5.49. The third kappa shape index (κ3) is 5.65. The van der Waals surface area contributed by atoms with Gasteiger partial charge in [-0.25, -0.2) is 13.8 Å². The van der Waals surface area contributed by atoms with Crippen LogP contribution in [0.5, 0.6) is 0 Å². The molecule has 1 N–H and O–H groups in total. The van der Waals surface area contributed by atoms with Gasteiger partial charge in [-0.2, -0.15) is 5.10 Å². The zero-order chi connectivity index (χ0) is 26.6. The molecule has 8 nitrogen and oxygen atoms in total. The van der Waals surface area contributed by atoms with E-state index in [2.05, 4.69) is 20.6 Å². The first-order valence-electron chi connectivity index (χ1n) is 11.6. The van der Waals surface area contributed by atoms with Gasteiger partial charge in [-0.05, 0) is 47.3 Å². The number of nitrogens with zero attached hydrogens (tertiary/aromatic N) is 5. The summed E-state index contributed by atoms with van der Waals surface area (Å²) in [6, 6.07) is 15.1. The van der Waals surface area contributed by atoms with Crippen molar-refractivity contribution in [3.05, 3.63) is 99.5 Å². The number of carbonyl (C=O) groups excluding carboxylic acids is 2. The van der Waals surface area contributed by atoms with E-state index in [0.717, 1.165) is 22.2 Å². The highest BCUT2D eigenvalue weighted by molar-refractivity contribution is 7.99. The average Bonchev–Trinajstić information content (AvgIpc) is 3.67. The second-order valence-corrected chi connectivity index (χ2v) is 10.4. The molecule has 0 radical (unpaired) electrons. The fraction of sp³-hybridized carbons (Fsp3) is 0.192. The Morgan fingerprint density at radius 3 is 2.63 bits per heavy atom. The smallest absolute Gasteiger partial charge is 0.253 e. The highest BCUT2D eigenvalue weighted by Crippen LogP contribution is 2.34. The van der Waals surface area contributed by atoms with E-state index in [9.17, 15) is 18.4 Å². The van der Waals surface area contributed by atoms with E-state index in [0.29, 0.717) is 17.4 Å². The molecule has 2 aromatic heterocycles. The van der Waals surface area contributed by atoms with Crippen molar-refractivity contribution < 1.29 is 18.4 Å². The van der Waals surface area contributed by atoms with Gasteiger partial charge < -0.3 is 9.88 Å². The van der Waals surface area contributed by atoms with Gasteiger partial charge in [-0.3, -0.25) is 9.59 Å². The molecular formula is C26H22F2N6O2S2. The number of hydrogen-bond acceptors (Lipinski definition) is 7. The third-order valence-corrected chi connectivity index (χ3v) is 7.89.